The third kappa shape index (κ3) is 3.80. The number of thiophene rings is 1. The van der Waals surface area contributed by atoms with Gasteiger partial charge in [-0.05, 0) is 31.5 Å². The summed E-state index contributed by atoms with van der Waals surface area (Å²) in [7, 11) is 1.65. The predicted molar refractivity (Wildman–Crippen MR) is 102 cm³/mol. The molecule has 0 spiro atoms. The highest BCUT2D eigenvalue weighted by Crippen LogP contribution is 2.34. The van der Waals surface area contributed by atoms with E-state index in [1.54, 1.807) is 25.3 Å². The van der Waals surface area contributed by atoms with Crippen molar-refractivity contribution in [2.24, 2.45) is 0 Å². The summed E-state index contributed by atoms with van der Waals surface area (Å²) < 4.78 is 5.53. The van der Waals surface area contributed by atoms with Crippen molar-refractivity contribution in [2.75, 3.05) is 13.7 Å². The van der Waals surface area contributed by atoms with E-state index in [1.807, 2.05) is 49.4 Å². The van der Waals surface area contributed by atoms with Gasteiger partial charge in [0.15, 0.2) is 0 Å². The van der Waals surface area contributed by atoms with Crippen molar-refractivity contribution >= 4 is 23.3 Å². The van der Waals surface area contributed by atoms with Gasteiger partial charge in [0.2, 0.25) is 0 Å². The number of allylic oxidation sites excluding steroid dienone is 1. The van der Waals surface area contributed by atoms with Crippen LogP contribution in [0.15, 0.2) is 53.7 Å². The summed E-state index contributed by atoms with van der Waals surface area (Å²) in [6.45, 7) is 4.08. The maximum Gasteiger partial charge on any atom is 0.338 e. The molecule has 2 amide bonds. The molecule has 1 aromatic carbocycles. The van der Waals surface area contributed by atoms with E-state index in [0.717, 1.165) is 15.3 Å². The zero-order valence-electron chi connectivity index (χ0n) is 15.1. The number of amides is 2. The first-order valence-electron chi connectivity index (χ1n) is 8.49. The Kier molecular flexibility index (Phi) is 5.42. The summed E-state index contributed by atoms with van der Waals surface area (Å²) in [6, 6.07) is 13.1. The first kappa shape index (κ1) is 18.2. The second-order valence-electron chi connectivity index (χ2n) is 6.26. The number of esters is 1. The number of carbonyl (C=O) groups is 2. The van der Waals surface area contributed by atoms with Crippen LogP contribution in [0.1, 0.15) is 28.3 Å². The van der Waals surface area contributed by atoms with E-state index in [-0.39, 0.29) is 12.0 Å². The van der Waals surface area contributed by atoms with Crippen molar-refractivity contribution in [1.29, 1.82) is 0 Å². The maximum absolute atomic E-state index is 12.8. The number of nitrogens with one attached hydrogen (secondary N) is 1. The third-order valence-electron chi connectivity index (χ3n) is 4.49. The van der Waals surface area contributed by atoms with Gasteiger partial charge < -0.3 is 15.0 Å². The molecule has 1 atom stereocenters. The van der Waals surface area contributed by atoms with Crippen LogP contribution in [0.3, 0.4) is 0 Å². The van der Waals surface area contributed by atoms with Crippen LogP contribution in [-0.4, -0.2) is 30.6 Å². The molecule has 0 fully saturated rings. The number of carbonyl (C=O) groups excluding carboxylic acids is 2. The molecular weight excluding hydrogens is 348 g/mol. The Labute approximate surface area is 157 Å². The highest BCUT2D eigenvalue weighted by Gasteiger charge is 2.35. The van der Waals surface area contributed by atoms with Crippen LogP contribution in [0.25, 0.3) is 0 Å². The van der Waals surface area contributed by atoms with Crippen molar-refractivity contribution < 1.29 is 14.3 Å². The molecule has 1 aromatic heterocycles. The van der Waals surface area contributed by atoms with Gasteiger partial charge in [-0.2, -0.15) is 0 Å². The summed E-state index contributed by atoms with van der Waals surface area (Å²) in [5, 5.41) is 2.90. The standard InChI is InChI=1S/C20H22N2O3S/c1-13-9-10-16(26-13)18-17(14(2)22(3)20(24)21-18)19(23)25-12-11-15-7-5-4-6-8-15/h4-10,18H,11-12H2,1-3H3,(H,21,24)/t18-/m0/s1. The summed E-state index contributed by atoms with van der Waals surface area (Å²) in [4.78, 5) is 28.5. The normalized spacial score (nSPS) is 17.3. The molecule has 26 heavy (non-hydrogen) atoms. The monoisotopic (exact) mass is 370 g/mol. The van der Waals surface area contributed by atoms with E-state index >= 15 is 0 Å². The van der Waals surface area contributed by atoms with Crippen LogP contribution in [-0.2, 0) is 16.0 Å². The van der Waals surface area contributed by atoms with Crippen LogP contribution in [0, 0.1) is 6.92 Å². The van der Waals surface area contributed by atoms with Crippen LogP contribution < -0.4 is 5.32 Å². The Morgan fingerprint density at radius 3 is 2.58 bits per heavy atom. The second-order valence-corrected chi connectivity index (χ2v) is 7.58. The smallest absolute Gasteiger partial charge is 0.338 e. The summed E-state index contributed by atoms with van der Waals surface area (Å²) in [5.41, 5.74) is 2.22. The summed E-state index contributed by atoms with van der Waals surface area (Å²) in [5.74, 6) is -0.388. The van der Waals surface area contributed by atoms with E-state index < -0.39 is 6.04 Å². The fourth-order valence-electron chi connectivity index (χ4n) is 2.91. The minimum absolute atomic E-state index is 0.223. The second kappa shape index (κ2) is 7.74. The minimum Gasteiger partial charge on any atom is -0.462 e. The maximum atomic E-state index is 12.8. The average Bonchev–Trinajstić information content (AvgIpc) is 3.06. The van der Waals surface area contributed by atoms with Gasteiger partial charge >= 0.3 is 12.0 Å². The van der Waals surface area contributed by atoms with Crippen molar-refractivity contribution in [1.82, 2.24) is 10.2 Å². The van der Waals surface area contributed by atoms with Crippen molar-refractivity contribution in [2.45, 2.75) is 26.3 Å². The number of aryl methyl sites for hydroxylation is 1. The van der Waals surface area contributed by atoms with E-state index in [2.05, 4.69) is 5.32 Å². The van der Waals surface area contributed by atoms with Crippen molar-refractivity contribution in [3.8, 4) is 0 Å². The zero-order valence-corrected chi connectivity index (χ0v) is 15.9. The van der Waals surface area contributed by atoms with E-state index in [0.29, 0.717) is 24.3 Å². The Bertz CT molecular complexity index is 842. The molecule has 0 unspecified atom stereocenters. The Morgan fingerprint density at radius 1 is 1.19 bits per heavy atom. The van der Waals surface area contributed by atoms with Gasteiger partial charge in [0, 0.05) is 28.9 Å². The zero-order chi connectivity index (χ0) is 18.7. The van der Waals surface area contributed by atoms with Gasteiger partial charge in [0.25, 0.3) is 0 Å². The molecule has 0 saturated heterocycles. The molecule has 3 rings (SSSR count). The largest absolute Gasteiger partial charge is 0.462 e. The van der Waals surface area contributed by atoms with E-state index in [4.69, 9.17) is 4.74 Å². The molecule has 136 valence electrons. The van der Waals surface area contributed by atoms with Crippen molar-refractivity contribution in [3.05, 3.63) is 69.1 Å². The van der Waals surface area contributed by atoms with Gasteiger partial charge in [0.05, 0.1) is 18.2 Å². The minimum atomic E-state index is -0.471. The number of benzene rings is 1. The number of urea groups is 1. The molecular formula is C20H22N2O3S. The van der Waals surface area contributed by atoms with Crippen LogP contribution in [0.4, 0.5) is 4.79 Å². The molecule has 0 radical (unpaired) electrons. The van der Waals surface area contributed by atoms with Gasteiger partial charge in [-0.25, -0.2) is 9.59 Å². The number of hydrogen-bond acceptors (Lipinski definition) is 4. The lowest BCUT2D eigenvalue weighted by Crippen LogP contribution is -2.46. The molecule has 2 aromatic rings. The molecule has 5 nitrogen and oxygen atoms in total. The number of hydrogen-bond donors (Lipinski definition) is 1. The van der Waals surface area contributed by atoms with Crippen LogP contribution in [0.2, 0.25) is 0 Å². The third-order valence-corrected chi connectivity index (χ3v) is 5.55. The summed E-state index contributed by atoms with van der Waals surface area (Å²) >= 11 is 1.57. The average molecular weight is 370 g/mol. The van der Waals surface area contributed by atoms with Gasteiger partial charge in [-0.15, -0.1) is 11.3 Å². The van der Waals surface area contributed by atoms with Gasteiger partial charge in [0.1, 0.15) is 0 Å². The molecule has 1 N–H and O–H groups in total. The first-order chi connectivity index (χ1) is 12.5. The Hall–Kier alpha value is -2.60. The fourth-order valence-corrected chi connectivity index (χ4v) is 3.84. The van der Waals surface area contributed by atoms with Gasteiger partial charge in [-0.3, -0.25) is 0 Å². The fraction of sp³-hybridized carbons (Fsp3) is 0.300. The SMILES string of the molecule is CC1=C(C(=O)OCCc2ccccc2)[C@H](c2ccc(C)s2)NC(=O)N1C. The molecule has 1 aliphatic rings. The lowest BCUT2D eigenvalue weighted by atomic mass is 10.0. The topological polar surface area (TPSA) is 58.6 Å². The predicted octanol–water partition coefficient (Wildman–Crippen LogP) is 3.81. The molecule has 0 saturated carbocycles. The molecule has 6 heteroatoms. The number of nitrogens with zero attached hydrogens (tertiary/aromatic N) is 1. The van der Waals surface area contributed by atoms with E-state index in [1.165, 1.54) is 4.90 Å². The molecule has 0 aliphatic carbocycles. The first-order valence-corrected chi connectivity index (χ1v) is 9.31. The lowest BCUT2D eigenvalue weighted by Gasteiger charge is -2.32. The molecule has 0 bridgehead atoms. The number of rotatable bonds is 5. The highest BCUT2D eigenvalue weighted by molar-refractivity contribution is 7.12. The quantitative estimate of drug-likeness (QED) is 0.814. The number of ether oxygens (including phenoxy) is 1. The highest BCUT2D eigenvalue weighted by atomic mass is 32.1. The van der Waals surface area contributed by atoms with Crippen LogP contribution >= 0.6 is 11.3 Å². The lowest BCUT2D eigenvalue weighted by molar-refractivity contribution is -0.139. The molecule has 1 aliphatic heterocycles. The van der Waals surface area contributed by atoms with E-state index in [9.17, 15) is 9.59 Å². The Balaban J connectivity index is 1.78. The van der Waals surface area contributed by atoms with Crippen LogP contribution in [0.5, 0.6) is 0 Å². The Morgan fingerprint density at radius 2 is 1.92 bits per heavy atom. The molecule has 2 heterocycles. The van der Waals surface area contributed by atoms with Gasteiger partial charge in [-0.1, -0.05) is 30.3 Å². The summed E-state index contributed by atoms with van der Waals surface area (Å²) in [6.07, 6.45) is 0.657. The van der Waals surface area contributed by atoms with Crippen molar-refractivity contribution in [3.63, 3.8) is 0 Å².